The van der Waals surface area contributed by atoms with Crippen molar-refractivity contribution >= 4 is 26.7 Å². The highest BCUT2D eigenvalue weighted by Gasteiger charge is 2.09. The Morgan fingerprint density at radius 1 is 1.42 bits per heavy atom. The summed E-state index contributed by atoms with van der Waals surface area (Å²) in [7, 11) is 0. The zero-order valence-corrected chi connectivity index (χ0v) is 11.2. The molecule has 0 radical (unpaired) electrons. The summed E-state index contributed by atoms with van der Waals surface area (Å²) < 4.78 is 19.3. The van der Waals surface area contributed by atoms with Crippen LogP contribution in [0.1, 0.15) is 12.7 Å². The van der Waals surface area contributed by atoms with Gasteiger partial charge in [-0.05, 0) is 37.3 Å². The van der Waals surface area contributed by atoms with Gasteiger partial charge in [0.25, 0.3) is 0 Å². The normalized spacial score (nSPS) is 12.7. The summed E-state index contributed by atoms with van der Waals surface area (Å²) in [5.41, 5.74) is 0.819. The molecular weight excluding hydrogens is 263 g/mol. The quantitative estimate of drug-likeness (QED) is 0.780. The van der Waals surface area contributed by atoms with Crippen LogP contribution in [0.2, 0.25) is 0 Å². The monoisotopic (exact) mass is 276 g/mol. The summed E-state index contributed by atoms with van der Waals surface area (Å²) in [6.45, 7) is 2.06. The number of hydrogen-bond donors (Lipinski definition) is 1. The molecule has 3 aromatic rings. The number of anilines is 1. The number of hydrogen-bond acceptors (Lipinski definition) is 4. The van der Waals surface area contributed by atoms with Crippen LogP contribution < -0.4 is 5.32 Å². The molecule has 1 N–H and O–H groups in total. The van der Waals surface area contributed by atoms with Crippen LogP contribution in [0.3, 0.4) is 0 Å². The van der Waals surface area contributed by atoms with Crippen molar-refractivity contribution < 1.29 is 8.81 Å². The van der Waals surface area contributed by atoms with Gasteiger partial charge in [-0.2, -0.15) is 0 Å². The van der Waals surface area contributed by atoms with E-state index in [1.165, 1.54) is 23.5 Å². The fourth-order valence-electron chi connectivity index (χ4n) is 1.95. The van der Waals surface area contributed by atoms with E-state index in [0.29, 0.717) is 0 Å². The predicted molar refractivity (Wildman–Crippen MR) is 75.1 cm³/mol. The lowest BCUT2D eigenvalue weighted by Gasteiger charge is -2.10. The number of thiazole rings is 1. The van der Waals surface area contributed by atoms with Gasteiger partial charge in [0.2, 0.25) is 0 Å². The molecule has 0 saturated heterocycles. The lowest BCUT2D eigenvalue weighted by Crippen LogP contribution is -2.17. The molecule has 0 fully saturated rings. The molecule has 1 unspecified atom stereocenters. The number of aromatic nitrogens is 1. The SMILES string of the molecule is CC(Cc1ccco1)Nc1nc2ccc(F)cc2s1. The number of benzene rings is 1. The van der Waals surface area contributed by atoms with Crippen molar-refractivity contribution in [3.05, 3.63) is 48.2 Å². The van der Waals surface area contributed by atoms with Crippen LogP contribution in [0.15, 0.2) is 41.0 Å². The molecule has 3 nitrogen and oxygen atoms in total. The summed E-state index contributed by atoms with van der Waals surface area (Å²) in [6.07, 6.45) is 2.46. The number of rotatable bonds is 4. The van der Waals surface area contributed by atoms with E-state index in [4.69, 9.17) is 4.42 Å². The third-order valence-corrected chi connectivity index (χ3v) is 3.76. The van der Waals surface area contributed by atoms with Crippen LogP contribution in [0.25, 0.3) is 10.2 Å². The summed E-state index contributed by atoms with van der Waals surface area (Å²) in [6, 6.07) is 8.67. The number of fused-ring (bicyclic) bond motifs is 1. The van der Waals surface area contributed by atoms with Crippen LogP contribution in [-0.2, 0) is 6.42 Å². The van der Waals surface area contributed by atoms with E-state index in [9.17, 15) is 4.39 Å². The second kappa shape index (κ2) is 5.01. The molecule has 19 heavy (non-hydrogen) atoms. The standard InChI is InChI=1S/C14H13FN2OS/c1-9(7-11-3-2-6-18-11)16-14-17-12-5-4-10(15)8-13(12)19-14/h2-6,8-9H,7H2,1H3,(H,16,17). The molecule has 0 spiro atoms. The van der Waals surface area contributed by atoms with Gasteiger partial charge in [-0.15, -0.1) is 0 Å². The molecule has 0 saturated carbocycles. The molecule has 98 valence electrons. The van der Waals surface area contributed by atoms with Gasteiger partial charge in [0.1, 0.15) is 11.6 Å². The Morgan fingerprint density at radius 2 is 2.32 bits per heavy atom. The van der Waals surface area contributed by atoms with Crippen molar-refractivity contribution in [1.29, 1.82) is 0 Å². The molecule has 3 rings (SSSR count). The van der Waals surface area contributed by atoms with Gasteiger partial charge in [-0.1, -0.05) is 11.3 Å². The Morgan fingerprint density at radius 3 is 3.11 bits per heavy atom. The molecule has 1 aromatic carbocycles. The second-order valence-corrected chi connectivity index (χ2v) is 5.49. The summed E-state index contributed by atoms with van der Waals surface area (Å²) in [5, 5.41) is 4.12. The van der Waals surface area contributed by atoms with Crippen molar-refractivity contribution in [3.63, 3.8) is 0 Å². The molecule has 1 atom stereocenters. The summed E-state index contributed by atoms with van der Waals surface area (Å²) in [5.74, 6) is 0.707. The number of furan rings is 1. The number of halogens is 1. The van der Waals surface area contributed by atoms with Crippen LogP contribution in [-0.4, -0.2) is 11.0 Å². The van der Waals surface area contributed by atoms with Gasteiger partial charge in [-0.25, -0.2) is 9.37 Å². The van der Waals surface area contributed by atoms with Gasteiger partial charge < -0.3 is 9.73 Å². The smallest absolute Gasteiger partial charge is 0.184 e. The van der Waals surface area contributed by atoms with Gasteiger partial charge >= 0.3 is 0 Å². The molecule has 5 heteroatoms. The van der Waals surface area contributed by atoms with Gasteiger partial charge in [0.15, 0.2) is 5.13 Å². The maximum Gasteiger partial charge on any atom is 0.184 e. The lowest BCUT2D eigenvalue weighted by molar-refractivity contribution is 0.498. The average Bonchev–Trinajstić information content (AvgIpc) is 2.97. The largest absolute Gasteiger partial charge is 0.469 e. The van der Waals surface area contributed by atoms with Crippen LogP contribution in [0, 0.1) is 5.82 Å². The highest BCUT2D eigenvalue weighted by Crippen LogP contribution is 2.27. The topological polar surface area (TPSA) is 38.1 Å². The first kappa shape index (κ1) is 12.2. The van der Waals surface area contributed by atoms with Crippen molar-refractivity contribution in [1.82, 2.24) is 4.98 Å². The first-order valence-corrected chi connectivity index (χ1v) is 6.87. The Labute approximate surface area is 114 Å². The molecule has 2 heterocycles. The maximum absolute atomic E-state index is 13.1. The van der Waals surface area contributed by atoms with Crippen molar-refractivity contribution in [2.45, 2.75) is 19.4 Å². The molecule has 0 aliphatic carbocycles. The molecular formula is C14H13FN2OS. The Hall–Kier alpha value is -1.88. The van der Waals surface area contributed by atoms with Gasteiger partial charge in [-0.3, -0.25) is 0 Å². The van der Waals surface area contributed by atoms with E-state index in [-0.39, 0.29) is 11.9 Å². The second-order valence-electron chi connectivity index (χ2n) is 4.46. The van der Waals surface area contributed by atoms with E-state index in [0.717, 1.165) is 27.5 Å². The van der Waals surface area contributed by atoms with Crippen LogP contribution in [0.4, 0.5) is 9.52 Å². The van der Waals surface area contributed by atoms with Crippen molar-refractivity contribution in [2.75, 3.05) is 5.32 Å². The fourth-order valence-corrected chi connectivity index (χ4v) is 2.95. The van der Waals surface area contributed by atoms with E-state index >= 15 is 0 Å². The van der Waals surface area contributed by atoms with E-state index in [1.807, 2.05) is 12.1 Å². The van der Waals surface area contributed by atoms with Crippen LogP contribution in [0.5, 0.6) is 0 Å². The van der Waals surface area contributed by atoms with Crippen molar-refractivity contribution in [3.8, 4) is 0 Å². The highest BCUT2D eigenvalue weighted by atomic mass is 32.1. The molecule has 0 amide bonds. The minimum atomic E-state index is -0.230. The van der Waals surface area contributed by atoms with E-state index in [1.54, 1.807) is 12.3 Å². The maximum atomic E-state index is 13.1. The van der Waals surface area contributed by atoms with Gasteiger partial charge in [0, 0.05) is 12.5 Å². The molecule has 0 aliphatic rings. The van der Waals surface area contributed by atoms with Gasteiger partial charge in [0.05, 0.1) is 16.5 Å². The van der Waals surface area contributed by atoms with Crippen LogP contribution >= 0.6 is 11.3 Å². The fraction of sp³-hybridized carbons (Fsp3) is 0.214. The van der Waals surface area contributed by atoms with Crippen molar-refractivity contribution in [2.24, 2.45) is 0 Å². The molecule has 2 aromatic heterocycles. The highest BCUT2D eigenvalue weighted by molar-refractivity contribution is 7.22. The van der Waals surface area contributed by atoms with E-state index < -0.39 is 0 Å². The zero-order valence-electron chi connectivity index (χ0n) is 10.4. The third-order valence-electron chi connectivity index (χ3n) is 2.81. The number of nitrogens with zero attached hydrogens (tertiary/aromatic N) is 1. The summed E-state index contributed by atoms with van der Waals surface area (Å²) >= 11 is 1.46. The minimum absolute atomic E-state index is 0.205. The zero-order chi connectivity index (χ0) is 13.2. The Balaban J connectivity index is 1.74. The van der Waals surface area contributed by atoms with E-state index in [2.05, 4.69) is 17.2 Å². The lowest BCUT2D eigenvalue weighted by atomic mass is 10.2. The number of nitrogens with one attached hydrogen (secondary N) is 1. The Kier molecular flexibility index (Phi) is 3.21. The third kappa shape index (κ3) is 2.76. The molecule has 0 aliphatic heterocycles. The predicted octanol–water partition coefficient (Wildman–Crippen LogP) is 4.07. The molecule has 0 bridgehead atoms. The minimum Gasteiger partial charge on any atom is -0.469 e. The first-order chi connectivity index (χ1) is 9.20. The Bertz CT molecular complexity index is 678. The summed E-state index contributed by atoms with van der Waals surface area (Å²) in [4.78, 5) is 4.43. The average molecular weight is 276 g/mol. The first-order valence-electron chi connectivity index (χ1n) is 6.06.